The van der Waals surface area contributed by atoms with Gasteiger partial charge in [0, 0.05) is 0 Å². The molecule has 1 aliphatic heterocycles. The molecule has 0 spiro atoms. The zero-order valence-electron chi connectivity index (χ0n) is 37.1. The van der Waals surface area contributed by atoms with Crippen LogP contribution < -0.4 is 0 Å². The lowest BCUT2D eigenvalue weighted by Gasteiger charge is -2.40. The van der Waals surface area contributed by atoms with E-state index >= 15 is 0 Å². The van der Waals surface area contributed by atoms with Crippen molar-refractivity contribution in [2.75, 3.05) is 13.2 Å². The summed E-state index contributed by atoms with van der Waals surface area (Å²) in [4.78, 5) is 13.5. The van der Waals surface area contributed by atoms with E-state index in [-0.39, 0.29) is 6.61 Å². The molecule has 1 rings (SSSR count). The van der Waals surface area contributed by atoms with Crippen molar-refractivity contribution in [2.45, 2.75) is 263 Å². The average molecular weight is 813 g/mol. The second-order valence-electron chi connectivity index (χ2n) is 17.8. The Morgan fingerprint density at radius 3 is 1.46 bits per heavy atom. The van der Waals surface area contributed by atoms with Gasteiger partial charge in [-0.05, 0) is 25.2 Å². The molecule has 0 aromatic rings. The van der Waals surface area contributed by atoms with Crippen molar-refractivity contribution in [1.29, 1.82) is 0 Å². The summed E-state index contributed by atoms with van der Waals surface area (Å²) >= 11 is 0. The summed E-state index contributed by atoms with van der Waals surface area (Å²) in [6, 6.07) is 0. The van der Waals surface area contributed by atoms with Crippen molar-refractivity contribution in [1.82, 2.24) is 0 Å². The molecule has 0 radical (unpaired) electrons. The molecule has 0 aliphatic carbocycles. The van der Waals surface area contributed by atoms with Crippen molar-refractivity contribution >= 4 is 5.78 Å². The maximum absolute atomic E-state index is 13.5. The molecule has 0 bridgehead atoms. The van der Waals surface area contributed by atoms with Crippen molar-refractivity contribution in [2.24, 2.45) is 11.8 Å². The van der Waals surface area contributed by atoms with Crippen LogP contribution >= 0.6 is 0 Å². The summed E-state index contributed by atoms with van der Waals surface area (Å²) in [5.74, 6) is -0.867. The predicted molar refractivity (Wildman–Crippen MR) is 233 cm³/mol. The molecule has 9 heteroatoms. The number of aliphatic hydroxyl groups is 6. The van der Waals surface area contributed by atoms with Gasteiger partial charge in [-0.1, -0.05) is 213 Å². The number of hydrogen-bond donors (Lipinski definition) is 6. The summed E-state index contributed by atoms with van der Waals surface area (Å²) in [6.07, 6.45) is 31.2. The highest BCUT2D eigenvalue weighted by molar-refractivity contribution is 5.86. The molecule has 0 saturated carbocycles. The number of aliphatic hydroxyl groups excluding tert-OH is 6. The van der Waals surface area contributed by atoms with Gasteiger partial charge in [0.2, 0.25) is 0 Å². The Morgan fingerprint density at radius 1 is 0.596 bits per heavy atom. The molecule has 338 valence electrons. The van der Waals surface area contributed by atoms with Crippen LogP contribution in [0.1, 0.15) is 220 Å². The third-order valence-corrected chi connectivity index (χ3v) is 12.0. The Hall–Kier alpha value is -0.910. The van der Waals surface area contributed by atoms with Gasteiger partial charge in [0.15, 0.2) is 12.1 Å². The molecule has 0 aromatic heterocycles. The third-order valence-electron chi connectivity index (χ3n) is 12.0. The highest BCUT2D eigenvalue weighted by Crippen LogP contribution is 2.24. The normalized spacial score (nSPS) is 21.8. The fraction of sp³-hybridized carbons (Fsp3) is 0.938. The number of Topliss-reactive ketones (excluding diaryl/α,β-unsaturated/α-hetero) is 1. The zero-order valence-corrected chi connectivity index (χ0v) is 37.1. The molecule has 0 aromatic carbocycles. The van der Waals surface area contributed by atoms with Crippen molar-refractivity contribution in [3.63, 3.8) is 0 Å². The van der Waals surface area contributed by atoms with Gasteiger partial charge >= 0.3 is 0 Å². The van der Waals surface area contributed by atoms with Crippen LogP contribution in [-0.4, -0.2) is 92.5 Å². The first-order valence-corrected chi connectivity index (χ1v) is 24.1. The Labute approximate surface area is 349 Å². The van der Waals surface area contributed by atoms with Crippen LogP contribution in [0.4, 0.5) is 0 Å². The molecular formula is C48H92O9. The molecule has 0 unspecified atom stereocenters. The maximum atomic E-state index is 13.5. The van der Waals surface area contributed by atoms with Gasteiger partial charge in [-0.3, -0.25) is 4.79 Å². The summed E-state index contributed by atoms with van der Waals surface area (Å²) in [5.41, 5.74) is 0. The van der Waals surface area contributed by atoms with Gasteiger partial charge in [0.1, 0.15) is 30.5 Å². The first kappa shape index (κ1) is 54.1. The fourth-order valence-electron chi connectivity index (χ4n) is 7.98. The first-order valence-electron chi connectivity index (χ1n) is 24.1. The van der Waals surface area contributed by atoms with E-state index in [1.54, 1.807) is 6.08 Å². The number of ether oxygens (including phenoxy) is 2. The van der Waals surface area contributed by atoms with Crippen LogP contribution in [-0.2, 0) is 14.3 Å². The second kappa shape index (κ2) is 36.9. The smallest absolute Gasteiger partial charge is 0.186 e. The number of ketones is 1. The van der Waals surface area contributed by atoms with Crippen LogP contribution in [0, 0.1) is 11.8 Å². The van der Waals surface area contributed by atoms with Crippen LogP contribution in [0.15, 0.2) is 12.2 Å². The lowest BCUT2D eigenvalue weighted by atomic mass is 9.91. The van der Waals surface area contributed by atoms with Crippen molar-refractivity contribution in [3.05, 3.63) is 12.2 Å². The molecule has 1 fully saturated rings. The van der Waals surface area contributed by atoms with Gasteiger partial charge in [0.05, 0.1) is 25.2 Å². The lowest BCUT2D eigenvalue weighted by Crippen LogP contribution is -2.59. The zero-order chi connectivity index (χ0) is 41.9. The SMILES string of the molecule is CCCCCCCCCCCCCCCCCCCCC[C@@H](O)C(=O)[C@@H](CO[C@@H]1O[C@H](CO)[C@H](O)[C@H](O)[C@H]1O)[C@H](O)/C=C/CCCCCCCCCCCC(C)C. The molecule has 57 heavy (non-hydrogen) atoms. The summed E-state index contributed by atoms with van der Waals surface area (Å²) in [6.45, 7) is 5.86. The van der Waals surface area contributed by atoms with Gasteiger partial charge in [0.25, 0.3) is 0 Å². The molecule has 6 N–H and O–H groups in total. The number of rotatable bonds is 40. The van der Waals surface area contributed by atoms with Crippen molar-refractivity contribution < 1.29 is 44.9 Å². The molecule has 0 amide bonds. The van der Waals surface area contributed by atoms with Gasteiger partial charge in [-0.15, -0.1) is 0 Å². The minimum Gasteiger partial charge on any atom is -0.394 e. The van der Waals surface area contributed by atoms with E-state index in [4.69, 9.17) is 9.47 Å². The molecule has 1 saturated heterocycles. The Bertz CT molecular complexity index is 928. The van der Waals surface area contributed by atoms with E-state index < -0.39 is 61.2 Å². The van der Waals surface area contributed by atoms with Crippen LogP contribution in [0.3, 0.4) is 0 Å². The average Bonchev–Trinajstić information content (AvgIpc) is 3.20. The molecule has 1 aliphatic rings. The predicted octanol–water partition coefficient (Wildman–Crippen LogP) is 10.0. The molecule has 1 heterocycles. The van der Waals surface area contributed by atoms with Crippen molar-refractivity contribution in [3.8, 4) is 0 Å². The largest absolute Gasteiger partial charge is 0.394 e. The maximum Gasteiger partial charge on any atom is 0.186 e. The number of carbonyl (C=O) groups is 1. The van der Waals surface area contributed by atoms with E-state index in [2.05, 4.69) is 20.8 Å². The quantitative estimate of drug-likeness (QED) is 0.0262. The van der Waals surface area contributed by atoms with Crippen LogP contribution in [0.5, 0.6) is 0 Å². The summed E-state index contributed by atoms with van der Waals surface area (Å²) in [7, 11) is 0. The number of hydrogen-bond acceptors (Lipinski definition) is 9. The van der Waals surface area contributed by atoms with E-state index in [0.717, 1.165) is 44.4 Å². The second-order valence-corrected chi connectivity index (χ2v) is 17.8. The van der Waals surface area contributed by atoms with E-state index in [0.29, 0.717) is 12.8 Å². The topological polar surface area (TPSA) is 157 Å². The Kier molecular flexibility index (Phi) is 35.0. The summed E-state index contributed by atoms with van der Waals surface area (Å²) in [5, 5.41) is 62.3. The fourth-order valence-corrected chi connectivity index (χ4v) is 7.98. The number of carbonyl (C=O) groups excluding carboxylic acids is 1. The van der Waals surface area contributed by atoms with Crippen LogP contribution in [0.25, 0.3) is 0 Å². The molecule has 8 atom stereocenters. The third kappa shape index (κ3) is 27.5. The molecular weight excluding hydrogens is 721 g/mol. The van der Waals surface area contributed by atoms with Crippen LogP contribution in [0.2, 0.25) is 0 Å². The lowest BCUT2D eigenvalue weighted by molar-refractivity contribution is -0.303. The molecule has 9 nitrogen and oxygen atoms in total. The number of unbranched alkanes of at least 4 members (excludes halogenated alkanes) is 27. The van der Waals surface area contributed by atoms with E-state index in [1.165, 1.54) is 148 Å². The Balaban J connectivity index is 2.39. The van der Waals surface area contributed by atoms with Gasteiger partial charge in [-0.2, -0.15) is 0 Å². The first-order chi connectivity index (χ1) is 27.6. The van der Waals surface area contributed by atoms with E-state index in [9.17, 15) is 35.4 Å². The van der Waals surface area contributed by atoms with Gasteiger partial charge in [-0.25, -0.2) is 0 Å². The Morgan fingerprint density at radius 2 is 1.02 bits per heavy atom. The highest BCUT2D eigenvalue weighted by atomic mass is 16.7. The highest BCUT2D eigenvalue weighted by Gasteiger charge is 2.44. The monoisotopic (exact) mass is 813 g/mol. The standard InChI is InChI=1S/C48H92O9/c1-4-5-6-7-8-9-10-11-12-13-14-15-16-17-20-24-27-30-33-36-42(51)44(52)40(38-56-48-47(55)46(54)45(53)43(37-49)57-48)41(50)35-32-29-26-23-21-18-19-22-25-28-31-34-39(2)3/h32,35,39-43,45-51,53-55H,4-31,33-34,36-38H2,1-3H3/b35-32+/t40-,41+,42+,43+,45-,46-,47+,48+/m0/s1. The summed E-state index contributed by atoms with van der Waals surface area (Å²) < 4.78 is 11.1. The minimum absolute atomic E-state index is 0.294. The van der Waals surface area contributed by atoms with Gasteiger partial charge < -0.3 is 40.1 Å². The van der Waals surface area contributed by atoms with E-state index in [1.807, 2.05) is 6.08 Å². The minimum atomic E-state index is -1.62. The number of allylic oxidation sites excluding steroid dienone is 1.